The van der Waals surface area contributed by atoms with E-state index in [2.05, 4.69) is 29.2 Å². The molecule has 0 spiro atoms. The van der Waals surface area contributed by atoms with Gasteiger partial charge in [0.25, 0.3) is 0 Å². The van der Waals surface area contributed by atoms with Crippen LogP contribution in [0.25, 0.3) is 11.1 Å². The maximum atomic E-state index is 12.4. The minimum absolute atomic E-state index is 0.196. The van der Waals surface area contributed by atoms with E-state index in [0.29, 0.717) is 12.2 Å². The molecule has 1 aromatic heterocycles. The average Bonchev–Trinajstić information content (AvgIpc) is 3.15. The van der Waals surface area contributed by atoms with Crippen molar-refractivity contribution in [2.45, 2.75) is 32.0 Å². The van der Waals surface area contributed by atoms with Gasteiger partial charge in [-0.3, -0.25) is 9.47 Å². The minimum Gasteiger partial charge on any atom is -0.489 e. The topological polar surface area (TPSA) is 47.6 Å². The molecule has 5 nitrogen and oxygen atoms in total. The summed E-state index contributed by atoms with van der Waals surface area (Å²) in [6.45, 7) is 3.41. The van der Waals surface area contributed by atoms with E-state index >= 15 is 0 Å². The van der Waals surface area contributed by atoms with Crippen LogP contribution >= 0.6 is 0 Å². The molecule has 0 N–H and O–H groups in total. The lowest BCUT2D eigenvalue weighted by Gasteiger charge is -2.32. The van der Waals surface area contributed by atoms with E-state index in [1.165, 1.54) is 11.1 Å². The highest BCUT2D eigenvalue weighted by Gasteiger charge is 2.24. The molecular formula is C26H26N2O3. The largest absolute Gasteiger partial charge is 0.489 e. The lowest BCUT2D eigenvalue weighted by molar-refractivity contribution is 0.177. The van der Waals surface area contributed by atoms with Crippen LogP contribution in [0, 0.1) is 0 Å². The Morgan fingerprint density at radius 1 is 0.839 bits per heavy atom. The molecule has 1 saturated heterocycles. The van der Waals surface area contributed by atoms with Gasteiger partial charge < -0.3 is 9.15 Å². The number of ether oxygens (including phenoxy) is 1. The molecule has 158 valence electrons. The van der Waals surface area contributed by atoms with Crippen molar-refractivity contribution in [3.05, 3.63) is 101 Å². The summed E-state index contributed by atoms with van der Waals surface area (Å²) >= 11 is 0. The number of hydrogen-bond acceptors (Lipinski definition) is 4. The Morgan fingerprint density at radius 3 is 2.32 bits per heavy atom. The third-order valence-corrected chi connectivity index (χ3v) is 6.02. The maximum absolute atomic E-state index is 12.4. The van der Waals surface area contributed by atoms with Crippen LogP contribution in [0.2, 0.25) is 0 Å². The van der Waals surface area contributed by atoms with Crippen LogP contribution in [0.1, 0.15) is 30.0 Å². The fourth-order valence-electron chi connectivity index (χ4n) is 4.36. The molecule has 3 aromatic carbocycles. The van der Waals surface area contributed by atoms with Gasteiger partial charge in [0, 0.05) is 25.7 Å². The summed E-state index contributed by atoms with van der Waals surface area (Å²) in [6.07, 6.45) is 1.89. The summed E-state index contributed by atoms with van der Waals surface area (Å²) in [5.74, 6) is 0.642. The van der Waals surface area contributed by atoms with Crippen molar-refractivity contribution in [2.24, 2.45) is 0 Å². The molecule has 0 atom stereocenters. The highest BCUT2D eigenvalue weighted by Crippen LogP contribution is 2.26. The molecule has 1 aliphatic rings. The number of piperidine rings is 1. The number of likely N-dealkylation sites (tertiary alicyclic amines) is 1. The van der Waals surface area contributed by atoms with Gasteiger partial charge in [-0.05, 0) is 48.2 Å². The van der Waals surface area contributed by atoms with E-state index in [1.54, 1.807) is 0 Å². The average molecular weight is 415 g/mol. The number of fused-ring (bicyclic) bond motifs is 1. The highest BCUT2D eigenvalue weighted by atomic mass is 16.5. The van der Waals surface area contributed by atoms with Gasteiger partial charge in [0.2, 0.25) is 0 Å². The Bertz CT molecular complexity index is 1190. The number of oxazole rings is 1. The molecule has 0 amide bonds. The van der Waals surface area contributed by atoms with E-state index in [4.69, 9.17) is 9.15 Å². The first-order valence-electron chi connectivity index (χ1n) is 10.8. The van der Waals surface area contributed by atoms with Gasteiger partial charge in [0.1, 0.15) is 12.4 Å². The number of benzene rings is 3. The molecule has 5 heteroatoms. The zero-order chi connectivity index (χ0) is 21.0. The first-order valence-corrected chi connectivity index (χ1v) is 10.8. The van der Waals surface area contributed by atoms with E-state index in [0.717, 1.165) is 43.7 Å². The molecule has 0 saturated carbocycles. The lowest BCUT2D eigenvalue weighted by Crippen LogP contribution is -2.36. The van der Waals surface area contributed by atoms with Crippen molar-refractivity contribution in [1.29, 1.82) is 0 Å². The molecule has 5 rings (SSSR count). The minimum atomic E-state index is -0.245. The van der Waals surface area contributed by atoms with Crippen LogP contribution in [0.15, 0.2) is 88.1 Å². The molecule has 0 aliphatic carbocycles. The van der Waals surface area contributed by atoms with Gasteiger partial charge in [-0.1, -0.05) is 54.6 Å². The van der Waals surface area contributed by atoms with Crippen LogP contribution < -0.4 is 10.5 Å². The maximum Gasteiger partial charge on any atom is 0.420 e. The third kappa shape index (κ3) is 4.42. The van der Waals surface area contributed by atoms with E-state index < -0.39 is 0 Å². The molecule has 2 heterocycles. The van der Waals surface area contributed by atoms with Crippen molar-refractivity contribution < 1.29 is 9.15 Å². The molecule has 1 aliphatic heterocycles. The van der Waals surface area contributed by atoms with Crippen molar-refractivity contribution in [2.75, 3.05) is 13.1 Å². The predicted octanol–water partition coefficient (Wildman–Crippen LogP) is 5.01. The summed E-state index contributed by atoms with van der Waals surface area (Å²) in [4.78, 5) is 14.8. The second-order valence-electron chi connectivity index (χ2n) is 8.13. The SMILES string of the molecule is O=c1oc2ccccc2n1C1CCN(Cc2ccc(OCc3ccccc3)cc2)CC1. The number of aromatic nitrogens is 1. The normalized spacial score (nSPS) is 15.4. The van der Waals surface area contributed by atoms with Crippen molar-refractivity contribution >= 4 is 11.1 Å². The Balaban J connectivity index is 1.16. The zero-order valence-electron chi connectivity index (χ0n) is 17.4. The van der Waals surface area contributed by atoms with Gasteiger partial charge in [-0.2, -0.15) is 0 Å². The second kappa shape index (κ2) is 8.82. The van der Waals surface area contributed by atoms with E-state index in [-0.39, 0.29) is 11.8 Å². The Hall–Kier alpha value is -3.31. The first-order chi connectivity index (χ1) is 15.3. The van der Waals surface area contributed by atoms with Gasteiger partial charge in [0.15, 0.2) is 5.58 Å². The van der Waals surface area contributed by atoms with Crippen LogP contribution in [-0.2, 0) is 13.2 Å². The highest BCUT2D eigenvalue weighted by molar-refractivity contribution is 5.72. The van der Waals surface area contributed by atoms with E-state index in [9.17, 15) is 4.79 Å². The molecule has 4 aromatic rings. The summed E-state index contributed by atoms with van der Waals surface area (Å²) in [5.41, 5.74) is 4.01. The smallest absolute Gasteiger partial charge is 0.420 e. The van der Waals surface area contributed by atoms with E-state index in [1.807, 2.05) is 59.2 Å². The molecule has 1 fully saturated rings. The lowest BCUT2D eigenvalue weighted by atomic mass is 10.0. The predicted molar refractivity (Wildman–Crippen MR) is 121 cm³/mol. The van der Waals surface area contributed by atoms with Gasteiger partial charge in [0.05, 0.1) is 5.52 Å². The van der Waals surface area contributed by atoms with Crippen LogP contribution in [0.5, 0.6) is 5.75 Å². The monoisotopic (exact) mass is 414 g/mol. The Morgan fingerprint density at radius 2 is 1.55 bits per heavy atom. The molecule has 0 radical (unpaired) electrons. The summed E-state index contributed by atoms with van der Waals surface area (Å²) in [5, 5.41) is 0. The summed E-state index contributed by atoms with van der Waals surface area (Å²) in [7, 11) is 0. The van der Waals surface area contributed by atoms with Gasteiger partial charge >= 0.3 is 5.76 Å². The number of para-hydroxylation sites is 2. The molecule has 31 heavy (non-hydrogen) atoms. The number of hydrogen-bond donors (Lipinski definition) is 0. The second-order valence-corrected chi connectivity index (χ2v) is 8.13. The number of nitrogens with zero attached hydrogens (tertiary/aromatic N) is 2. The van der Waals surface area contributed by atoms with Crippen molar-refractivity contribution in [3.63, 3.8) is 0 Å². The zero-order valence-corrected chi connectivity index (χ0v) is 17.4. The Kier molecular flexibility index (Phi) is 5.59. The Labute approximate surface area is 181 Å². The molecule has 0 unspecified atom stereocenters. The molecular weight excluding hydrogens is 388 g/mol. The summed E-state index contributed by atoms with van der Waals surface area (Å²) < 4.78 is 13.1. The first kappa shape index (κ1) is 19.6. The quantitative estimate of drug-likeness (QED) is 0.445. The number of rotatable bonds is 6. The fourth-order valence-corrected chi connectivity index (χ4v) is 4.36. The third-order valence-electron chi connectivity index (χ3n) is 6.02. The van der Waals surface area contributed by atoms with Crippen LogP contribution in [0.4, 0.5) is 0 Å². The standard InChI is InChI=1S/C26H26N2O3/c29-26-28(24-8-4-5-9-25(24)31-26)22-14-16-27(17-15-22)18-20-10-12-23(13-11-20)30-19-21-6-2-1-3-7-21/h1-13,22H,14-19H2. The van der Waals surface area contributed by atoms with Crippen LogP contribution in [-0.4, -0.2) is 22.6 Å². The van der Waals surface area contributed by atoms with Crippen molar-refractivity contribution in [3.8, 4) is 5.75 Å². The van der Waals surface area contributed by atoms with Crippen molar-refractivity contribution in [1.82, 2.24) is 9.47 Å². The van der Waals surface area contributed by atoms with Crippen LogP contribution in [0.3, 0.4) is 0 Å². The van der Waals surface area contributed by atoms with Gasteiger partial charge in [-0.25, -0.2) is 4.79 Å². The summed E-state index contributed by atoms with van der Waals surface area (Å²) in [6, 6.07) is 26.4. The fraction of sp³-hybridized carbons (Fsp3) is 0.269. The van der Waals surface area contributed by atoms with Gasteiger partial charge in [-0.15, -0.1) is 0 Å². The molecule has 0 bridgehead atoms.